The molecular formula is C24H23N7O. The molecule has 0 atom stereocenters. The Kier molecular flexibility index (Phi) is 6.37. The summed E-state index contributed by atoms with van der Waals surface area (Å²) in [4.78, 5) is 12.9. The number of benzene rings is 2. The van der Waals surface area contributed by atoms with Crippen molar-refractivity contribution in [3.8, 4) is 34.4 Å². The third-order valence-electron chi connectivity index (χ3n) is 5.11. The highest BCUT2D eigenvalue weighted by molar-refractivity contribution is 5.80. The van der Waals surface area contributed by atoms with E-state index in [9.17, 15) is 4.79 Å². The largest absolute Gasteiger partial charge is 0.347 e. The van der Waals surface area contributed by atoms with Crippen LogP contribution in [0.4, 0.5) is 0 Å². The van der Waals surface area contributed by atoms with E-state index in [1.807, 2.05) is 54.6 Å². The Morgan fingerprint density at radius 2 is 1.91 bits per heavy atom. The van der Waals surface area contributed by atoms with Crippen molar-refractivity contribution < 1.29 is 0 Å². The van der Waals surface area contributed by atoms with Crippen molar-refractivity contribution in [3.63, 3.8) is 0 Å². The van der Waals surface area contributed by atoms with Gasteiger partial charge >= 0.3 is 5.69 Å². The van der Waals surface area contributed by atoms with Gasteiger partial charge in [-0.25, -0.2) is 14.6 Å². The van der Waals surface area contributed by atoms with Gasteiger partial charge in [0.15, 0.2) is 5.82 Å². The average molecular weight is 425 g/mol. The van der Waals surface area contributed by atoms with Crippen LogP contribution in [0, 0.1) is 11.8 Å². The van der Waals surface area contributed by atoms with Crippen LogP contribution in [-0.2, 0) is 19.5 Å². The maximum atomic E-state index is 12.9. The number of hydrogen-bond donors (Lipinski definition) is 1. The molecule has 2 aromatic carbocycles. The number of H-pyrrole nitrogens is 1. The summed E-state index contributed by atoms with van der Waals surface area (Å²) in [6.45, 7) is 6.25. The molecule has 160 valence electrons. The molecule has 0 bridgehead atoms. The molecule has 4 rings (SSSR count). The molecule has 0 aliphatic heterocycles. The zero-order valence-electron chi connectivity index (χ0n) is 17.8. The van der Waals surface area contributed by atoms with Crippen LogP contribution in [0.5, 0.6) is 0 Å². The van der Waals surface area contributed by atoms with Crippen LogP contribution >= 0.6 is 0 Å². The lowest BCUT2D eigenvalue weighted by Gasteiger charge is -2.09. The van der Waals surface area contributed by atoms with Crippen molar-refractivity contribution in [1.29, 1.82) is 0 Å². The number of allylic oxidation sites excluding steroid dienone is 1. The van der Waals surface area contributed by atoms with Gasteiger partial charge in [0.05, 0.1) is 6.54 Å². The Bertz CT molecular complexity index is 1320. The van der Waals surface area contributed by atoms with Crippen molar-refractivity contribution in [1.82, 2.24) is 35.0 Å². The van der Waals surface area contributed by atoms with Gasteiger partial charge in [0.25, 0.3) is 0 Å². The summed E-state index contributed by atoms with van der Waals surface area (Å²) in [6, 6.07) is 16.1. The van der Waals surface area contributed by atoms with E-state index in [2.05, 4.69) is 44.1 Å². The minimum absolute atomic E-state index is 0.154. The second-order valence-corrected chi connectivity index (χ2v) is 7.19. The number of nitrogens with zero attached hydrogens (tertiary/aromatic N) is 6. The van der Waals surface area contributed by atoms with Gasteiger partial charge in [0.2, 0.25) is 0 Å². The van der Waals surface area contributed by atoms with E-state index in [4.69, 9.17) is 0 Å². The fourth-order valence-corrected chi connectivity index (χ4v) is 3.50. The Balaban J connectivity index is 1.63. The summed E-state index contributed by atoms with van der Waals surface area (Å²) in [7, 11) is 0. The molecule has 8 heteroatoms. The van der Waals surface area contributed by atoms with Crippen LogP contribution < -0.4 is 5.69 Å². The predicted octanol–water partition coefficient (Wildman–Crippen LogP) is 3.08. The normalized spacial score (nSPS) is 10.5. The maximum Gasteiger partial charge on any atom is 0.347 e. The van der Waals surface area contributed by atoms with Gasteiger partial charge in [-0.05, 0) is 40.5 Å². The molecule has 2 aromatic heterocycles. The lowest BCUT2D eigenvalue weighted by atomic mass is 9.98. The molecule has 0 aliphatic rings. The second-order valence-electron chi connectivity index (χ2n) is 7.19. The third kappa shape index (κ3) is 4.42. The van der Waals surface area contributed by atoms with E-state index in [0.717, 1.165) is 34.5 Å². The Hall–Kier alpha value is -4.25. The van der Waals surface area contributed by atoms with Crippen molar-refractivity contribution in [2.24, 2.45) is 0 Å². The number of aromatic amines is 1. The van der Waals surface area contributed by atoms with Crippen LogP contribution in [0.25, 0.3) is 22.5 Å². The first-order chi connectivity index (χ1) is 15.7. The number of aromatic nitrogens is 7. The van der Waals surface area contributed by atoms with E-state index >= 15 is 0 Å². The Morgan fingerprint density at radius 1 is 1.12 bits per heavy atom. The van der Waals surface area contributed by atoms with Crippen LogP contribution in [0.15, 0.2) is 66.0 Å². The number of tetrazole rings is 1. The third-order valence-corrected chi connectivity index (χ3v) is 5.11. The summed E-state index contributed by atoms with van der Waals surface area (Å²) in [5.74, 6) is 7.07. The standard InChI is InChI=1S/C24H23N7O/c1-3-5-11-22-27-31(16-6-4-2)24(32)30(22)17-18-12-14-19(15-13-18)20-9-7-8-10-21(20)23-25-28-29-26-23/h3,7-10,12-15H,1,5,11,16-17H2,2H3,(H,25,26,28,29). The van der Waals surface area contributed by atoms with Crippen LogP contribution in [0.3, 0.4) is 0 Å². The first-order valence-electron chi connectivity index (χ1n) is 10.3. The molecule has 0 saturated carbocycles. The zero-order chi connectivity index (χ0) is 22.3. The number of nitrogens with one attached hydrogen (secondary N) is 1. The molecule has 0 unspecified atom stereocenters. The van der Waals surface area contributed by atoms with Gasteiger partial charge in [-0.15, -0.1) is 17.6 Å². The van der Waals surface area contributed by atoms with Crippen LogP contribution in [0.2, 0.25) is 0 Å². The molecule has 1 N–H and O–H groups in total. The quantitative estimate of drug-likeness (QED) is 0.346. The molecular weight excluding hydrogens is 402 g/mol. The van der Waals surface area contributed by atoms with Gasteiger partial charge in [-0.3, -0.25) is 4.57 Å². The summed E-state index contributed by atoms with van der Waals surface area (Å²) < 4.78 is 3.13. The summed E-state index contributed by atoms with van der Waals surface area (Å²) in [6.07, 6.45) is 3.24. The van der Waals surface area contributed by atoms with E-state index in [0.29, 0.717) is 18.8 Å². The van der Waals surface area contributed by atoms with Gasteiger partial charge in [0, 0.05) is 12.0 Å². The highest BCUT2D eigenvalue weighted by atomic mass is 16.2. The van der Waals surface area contributed by atoms with Gasteiger partial charge in [0.1, 0.15) is 12.4 Å². The van der Waals surface area contributed by atoms with Crippen molar-refractivity contribution >= 4 is 0 Å². The number of rotatable bonds is 8. The zero-order valence-corrected chi connectivity index (χ0v) is 17.8. The summed E-state index contributed by atoms with van der Waals surface area (Å²) in [5.41, 5.74) is 3.84. The SMILES string of the molecule is C=CCCc1nn(CC#CC)c(=O)n1Cc1ccc(-c2ccccc2-c2nnn[nH]2)cc1. The molecule has 0 fully saturated rings. The summed E-state index contributed by atoms with van der Waals surface area (Å²) in [5, 5.41) is 18.7. The number of aryl methyl sites for hydroxylation is 1. The predicted molar refractivity (Wildman–Crippen MR) is 123 cm³/mol. The van der Waals surface area contributed by atoms with Crippen molar-refractivity contribution in [2.45, 2.75) is 32.9 Å². The highest BCUT2D eigenvalue weighted by Crippen LogP contribution is 2.29. The van der Waals surface area contributed by atoms with Crippen LogP contribution in [0.1, 0.15) is 24.7 Å². The molecule has 8 nitrogen and oxygen atoms in total. The Morgan fingerprint density at radius 3 is 2.59 bits per heavy atom. The smallest absolute Gasteiger partial charge is 0.274 e. The minimum atomic E-state index is -0.154. The van der Waals surface area contributed by atoms with E-state index < -0.39 is 0 Å². The fraction of sp³-hybridized carbons (Fsp3) is 0.208. The topological polar surface area (TPSA) is 94.3 Å². The first kappa shape index (κ1) is 21.0. The molecule has 4 aromatic rings. The molecule has 32 heavy (non-hydrogen) atoms. The molecule has 0 saturated heterocycles. The lowest BCUT2D eigenvalue weighted by molar-refractivity contribution is 0.657. The van der Waals surface area contributed by atoms with E-state index in [1.165, 1.54) is 4.68 Å². The second kappa shape index (κ2) is 9.71. The van der Waals surface area contributed by atoms with Crippen LogP contribution in [-0.4, -0.2) is 35.0 Å². The monoisotopic (exact) mass is 425 g/mol. The molecule has 0 spiro atoms. The first-order valence-corrected chi connectivity index (χ1v) is 10.3. The Labute approximate surface area is 185 Å². The number of hydrogen-bond acceptors (Lipinski definition) is 5. The minimum Gasteiger partial charge on any atom is -0.274 e. The van der Waals surface area contributed by atoms with Gasteiger partial charge < -0.3 is 0 Å². The highest BCUT2D eigenvalue weighted by Gasteiger charge is 2.14. The van der Waals surface area contributed by atoms with Gasteiger partial charge in [-0.1, -0.05) is 60.5 Å². The molecule has 2 heterocycles. The fourth-order valence-electron chi connectivity index (χ4n) is 3.50. The van der Waals surface area contributed by atoms with Crippen molar-refractivity contribution in [3.05, 3.63) is 83.1 Å². The van der Waals surface area contributed by atoms with E-state index in [-0.39, 0.29) is 12.2 Å². The summed E-state index contributed by atoms with van der Waals surface area (Å²) >= 11 is 0. The lowest BCUT2D eigenvalue weighted by Crippen LogP contribution is -2.25. The van der Waals surface area contributed by atoms with Crippen molar-refractivity contribution in [2.75, 3.05) is 0 Å². The molecule has 0 aliphatic carbocycles. The molecule has 0 amide bonds. The van der Waals surface area contributed by atoms with E-state index in [1.54, 1.807) is 11.5 Å². The molecule has 0 radical (unpaired) electrons. The van der Waals surface area contributed by atoms with Gasteiger partial charge in [-0.2, -0.15) is 5.10 Å². The average Bonchev–Trinajstić information content (AvgIpc) is 3.46. The maximum absolute atomic E-state index is 12.9.